The molecule has 0 bridgehead atoms. The molecule has 0 radical (unpaired) electrons. The Morgan fingerprint density at radius 2 is 1.15 bits per heavy atom. The van der Waals surface area contributed by atoms with E-state index in [0.29, 0.717) is 0 Å². The summed E-state index contributed by atoms with van der Waals surface area (Å²) in [6, 6.07) is 4.83. The van der Waals surface area contributed by atoms with E-state index in [1.807, 2.05) is 0 Å². The highest BCUT2D eigenvalue weighted by Crippen LogP contribution is 2.21. The summed E-state index contributed by atoms with van der Waals surface area (Å²) in [5, 5.41) is 18.9. The highest BCUT2D eigenvalue weighted by atomic mass is 16.3. The van der Waals surface area contributed by atoms with Crippen LogP contribution in [-0.2, 0) is 6.42 Å². The fourth-order valence-electron chi connectivity index (χ4n) is 2.84. The highest BCUT2D eigenvalue weighted by molar-refractivity contribution is 5.36. The zero-order chi connectivity index (χ0) is 19.6. The Morgan fingerprint density at radius 1 is 0.630 bits per heavy atom. The first-order valence-corrected chi connectivity index (χ1v) is 10.3. The summed E-state index contributed by atoms with van der Waals surface area (Å²) in [5.41, 5.74) is 1.01. The summed E-state index contributed by atoms with van der Waals surface area (Å²) in [6.45, 7) is 2.16. The third-order valence-electron chi connectivity index (χ3n) is 4.27. The molecule has 0 saturated heterocycles. The lowest BCUT2D eigenvalue weighted by molar-refractivity contribution is 0.449. The van der Waals surface area contributed by atoms with Gasteiger partial charge in [0, 0.05) is 6.07 Å². The Morgan fingerprint density at radius 3 is 1.74 bits per heavy atom. The van der Waals surface area contributed by atoms with Gasteiger partial charge in [-0.25, -0.2) is 0 Å². The van der Waals surface area contributed by atoms with Gasteiger partial charge < -0.3 is 10.2 Å². The molecule has 0 atom stereocenters. The maximum atomic E-state index is 9.46. The van der Waals surface area contributed by atoms with Crippen molar-refractivity contribution in [3.05, 3.63) is 72.4 Å². The van der Waals surface area contributed by atoms with Gasteiger partial charge in [0.05, 0.1) is 0 Å². The van der Waals surface area contributed by atoms with E-state index < -0.39 is 0 Å². The normalized spacial score (nSPS) is 12.3. The summed E-state index contributed by atoms with van der Waals surface area (Å²) in [5.74, 6) is 0.286. The zero-order valence-corrected chi connectivity index (χ0v) is 16.8. The molecular weight excluding hydrogens is 332 g/mol. The van der Waals surface area contributed by atoms with Gasteiger partial charge >= 0.3 is 0 Å². The second kappa shape index (κ2) is 16.0. The summed E-state index contributed by atoms with van der Waals surface area (Å²) >= 11 is 0. The second-order valence-electron chi connectivity index (χ2n) is 6.81. The molecular formula is C25H36O2. The van der Waals surface area contributed by atoms with Crippen LogP contribution in [0.4, 0.5) is 0 Å². The first-order valence-electron chi connectivity index (χ1n) is 10.3. The third kappa shape index (κ3) is 13.6. The smallest absolute Gasteiger partial charge is 0.119 e. The maximum absolute atomic E-state index is 9.46. The van der Waals surface area contributed by atoms with E-state index in [1.54, 1.807) is 12.1 Å². The number of phenolic OH excluding ortho intramolecular Hbond substituents is 2. The summed E-state index contributed by atoms with van der Waals surface area (Å²) in [6.07, 6.45) is 28.8. The Hall–Kier alpha value is -2.22. The molecule has 0 spiro atoms. The van der Waals surface area contributed by atoms with Crippen molar-refractivity contribution in [3.63, 3.8) is 0 Å². The standard InChI is InChI=1S/C25H36O2/c1-2-3-4-5-6-7-8-9-10-11-12-13-14-15-16-17-18-19-23-20-24(26)22-25(27)21-23/h3-4,6-7,9-10,12-13,20-22,26-27H,2,5,8,11,14-19H2,1H3. The predicted molar refractivity (Wildman–Crippen MR) is 117 cm³/mol. The number of unbranched alkanes of at least 4 members (excludes halogenated alkanes) is 4. The van der Waals surface area contributed by atoms with Crippen molar-refractivity contribution in [3.8, 4) is 11.5 Å². The van der Waals surface area contributed by atoms with E-state index in [2.05, 4.69) is 55.5 Å². The zero-order valence-electron chi connectivity index (χ0n) is 16.8. The average Bonchev–Trinajstić information content (AvgIpc) is 2.63. The SMILES string of the molecule is CCC=CCC=CCC=CCC=CCCCCCCc1cc(O)cc(O)c1. The molecule has 0 amide bonds. The molecule has 0 heterocycles. The number of rotatable bonds is 14. The number of hydrogen-bond donors (Lipinski definition) is 2. The molecule has 1 aromatic carbocycles. The van der Waals surface area contributed by atoms with Crippen LogP contribution in [0.1, 0.15) is 70.3 Å². The van der Waals surface area contributed by atoms with Gasteiger partial charge in [0.25, 0.3) is 0 Å². The van der Waals surface area contributed by atoms with Gasteiger partial charge in [-0.15, -0.1) is 0 Å². The van der Waals surface area contributed by atoms with Gasteiger partial charge in [0.2, 0.25) is 0 Å². The molecule has 0 fully saturated rings. The third-order valence-corrected chi connectivity index (χ3v) is 4.27. The van der Waals surface area contributed by atoms with Crippen molar-refractivity contribution in [2.24, 2.45) is 0 Å². The van der Waals surface area contributed by atoms with Crippen LogP contribution in [0.3, 0.4) is 0 Å². The van der Waals surface area contributed by atoms with Gasteiger partial charge in [-0.3, -0.25) is 0 Å². The highest BCUT2D eigenvalue weighted by Gasteiger charge is 1.99. The minimum atomic E-state index is 0.143. The first-order chi connectivity index (χ1) is 13.2. The first kappa shape index (κ1) is 22.8. The molecule has 0 aliphatic rings. The predicted octanol–water partition coefficient (Wildman–Crippen LogP) is 7.40. The monoisotopic (exact) mass is 368 g/mol. The van der Waals surface area contributed by atoms with Crippen LogP contribution in [0.15, 0.2) is 66.8 Å². The van der Waals surface area contributed by atoms with Gasteiger partial charge in [0.1, 0.15) is 11.5 Å². The lowest BCUT2D eigenvalue weighted by Crippen LogP contribution is -1.86. The van der Waals surface area contributed by atoms with E-state index >= 15 is 0 Å². The molecule has 2 N–H and O–H groups in total. The number of aromatic hydroxyl groups is 2. The molecule has 2 nitrogen and oxygen atoms in total. The van der Waals surface area contributed by atoms with E-state index in [1.165, 1.54) is 25.3 Å². The van der Waals surface area contributed by atoms with Gasteiger partial charge in [0.15, 0.2) is 0 Å². The van der Waals surface area contributed by atoms with Gasteiger partial charge in [-0.2, -0.15) is 0 Å². The Labute approximate surface area is 165 Å². The molecule has 148 valence electrons. The van der Waals surface area contributed by atoms with Crippen molar-refractivity contribution in [1.82, 2.24) is 0 Å². The second-order valence-corrected chi connectivity index (χ2v) is 6.81. The summed E-state index contributed by atoms with van der Waals surface area (Å²) in [7, 11) is 0. The Kier molecular flexibility index (Phi) is 13.5. The van der Waals surface area contributed by atoms with E-state index in [9.17, 15) is 10.2 Å². The van der Waals surface area contributed by atoms with Gasteiger partial charge in [-0.1, -0.05) is 68.4 Å². The summed E-state index contributed by atoms with van der Waals surface area (Å²) in [4.78, 5) is 0. The van der Waals surface area contributed by atoms with Crippen LogP contribution in [0, 0.1) is 0 Å². The largest absolute Gasteiger partial charge is 0.508 e. The van der Waals surface area contributed by atoms with Crippen LogP contribution < -0.4 is 0 Å². The quantitative estimate of drug-likeness (QED) is 0.265. The lowest BCUT2D eigenvalue weighted by Gasteiger charge is -2.03. The van der Waals surface area contributed by atoms with Crippen molar-refractivity contribution >= 4 is 0 Å². The number of benzene rings is 1. The number of phenols is 2. The van der Waals surface area contributed by atoms with Crippen LogP contribution in [0.5, 0.6) is 11.5 Å². The average molecular weight is 369 g/mol. The number of hydrogen-bond acceptors (Lipinski definition) is 2. The Bertz CT molecular complexity index is 588. The molecule has 0 aromatic heterocycles. The topological polar surface area (TPSA) is 40.5 Å². The Balaban J connectivity index is 1.95. The minimum absolute atomic E-state index is 0.143. The van der Waals surface area contributed by atoms with Crippen LogP contribution in [0.25, 0.3) is 0 Å². The molecule has 1 aromatic rings. The van der Waals surface area contributed by atoms with Crippen LogP contribution >= 0.6 is 0 Å². The van der Waals surface area contributed by atoms with Crippen molar-refractivity contribution in [2.45, 2.75) is 71.1 Å². The molecule has 1 rings (SSSR count). The van der Waals surface area contributed by atoms with E-state index in [4.69, 9.17) is 0 Å². The van der Waals surface area contributed by atoms with Crippen molar-refractivity contribution in [1.29, 1.82) is 0 Å². The summed E-state index contributed by atoms with van der Waals surface area (Å²) < 4.78 is 0. The van der Waals surface area contributed by atoms with E-state index in [-0.39, 0.29) is 11.5 Å². The van der Waals surface area contributed by atoms with Gasteiger partial charge in [-0.05, 0) is 69.1 Å². The fraction of sp³-hybridized carbons (Fsp3) is 0.440. The minimum Gasteiger partial charge on any atom is -0.508 e. The molecule has 0 unspecified atom stereocenters. The molecule has 2 heteroatoms. The molecule has 27 heavy (non-hydrogen) atoms. The van der Waals surface area contributed by atoms with Crippen molar-refractivity contribution < 1.29 is 10.2 Å². The van der Waals surface area contributed by atoms with Crippen molar-refractivity contribution in [2.75, 3.05) is 0 Å². The van der Waals surface area contributed by atoms with Crippen LogP contribution in [0.2, 0.25) is 0 Å². The van der Waals surface area contributed by atoms with Crippen LogP contribution in [-0.4, -0.2) is 10.2 Å². The lowest BCUT2D eigenvalue weighted by atomic mass is 10.0. The van der Waals surface area contributed by atoms with E-state index in [0.717, 1.165) is 50.5 Å². The molecule has 0 saturated carbocycles. The molecule has 0 aliphatic heterocycles. The molecule has 0 aliphatic carbocycles. The number of allylic oxidation sites excluding steroid dienone is 8. The number of aryl methyl sites for hydroxylation is 1. The fourth-order valence-corrected chi connectivity index (χ4v) is 2.84. The maximum Gasteiger partial charge on any atom is 0.119 e.